The number of hydrogen-bond acceptors (Lipinski definition) is 2. The van der Waals surface area contributed by atoms with Crippen LogP contribution in [0.25, 0.3) is 0 Å². The van der Waals surface area contributed by atoms with Crippen LogP contribution in [-0.2, 0) is 4.74 Å². The van der Waals surface area contributed by atoms with Crippen molar-refractivity contribution in [3.05, 3.63) is 0 Å². The normalized spacial score (nSPS) is 13.2. The molecule has 0 aliphatic heterocycles. The Labute approximate surface area is 82.8 Å². The summed E-state index contributed by atoms with van der Waals surface area (Å²) in [6.07, 6.45) is 8.15. The smallest absolute Gasteiger partial charge is 0.0669 e. The summed E-state index contributed by atoms with van der Waals surface area (Å²) in [5.41, 5.74) is 5.43. The molecule has 0 spiro atoms. The van der Waals surface area contributed by atoms with E-state index in [1.807, 2.05) is 6.92 Å². The van der Waals surface area contributed by atoms with E-state index in [1.54, 1.807) is 0 Å². The second-order valence-electron chi connectivity index (χ2n) is 3.68. The van der Waals surface area contributed by atoms with Crippen LogP contribution < -0.4 is 5.73 Å². The Hall–Kier alpha value is -0.0800. The first-order valence-corrected chi connectivity index (χ1v) is 5.63. The molecule has 2 heteroatoms. The minimum atomic E-state index is 0.232. The van der Waals surface area contributed by atoms with Crippen molar-refractivity contribution in [1.82, 2.24) is 0 Å². The lowest BCUT2D eigenvalue weighted by atomic mass is 10.1. The molecule has 2 nitrogen and oxygen atoms in total. The van der Waals surface area contributed by atoms with Gasteiger partial charge < -0.3 is 10.5 Å². The maximum Gasteiger partial charge on any atom is 0.0669 e. The predicted octanol–water partition coefficient (Wildman–Crippen LogP) is 2.71. The molecule has 0 aliphatic carbocycles. The number of rotatable bonds is 9. The molecule has 0 aliphatic rings. The van der Waals surface area contributed by atoms with Crippen LogP contribution in [0.3, 0.4) is 0 Å². The molecule has 1 unspecified atom stereocenters. The zero-order valence-corrected chi connectivity index (χ0v) is 9.22. The van der Waals surface area contributed by atoms with E-state index in [0.29, 0.717) is 6.54 Å². The minimum Gasteiger partial charge on any atom is -0.377 e. The van der Waals surface area contributed by atoms with Crippen LogP contribution in [-0.4, -0.2) is 19.3 Å². The minimum absolute atomic E-state index is 0.232. The molecule has 0 fully saturated rings. The van der Waals surface area contributed by atoms with Gasteiger partial charge in [0.05, 0.1) is 6.10 Å². The average molecular weight is 187 g/mol. The fourth-order valence-electron chi connectivity index (χ4n) is 1.23. The number of unbranched alkanes of at least 4 members (excludes halogenated alkanes) is 5. The molecule has 0 aromatic carbocycles. The quantitative estimate of drug-likeness (QED) is 0.563. The third-order valence-corrected chi connectivity index (χ3v) is 2.23. The second kappa shape index (κ2) is 10.0. The highest BCUT2D eigenvalue weighted by molar-refractivity contribution is 4.49. The zero-order valence-electron chi connectivity index (χ0n) is 9.22. The van der Waals surface area contributed by atoms with Gasteiger partial charge in [-0.15, -0.1) is 0 Å². The molecular formula is C11H25NO. The Morgan fingerprint density at radius 2 is 1.69 bits per heavy atom. The van der Waals surface area contributed by atoms with Crippen molar-refractivity contribution in [2.24, 2.45) is 5.73 Å². The van der Waals surface area contributed by atoms with E-state index >= 15 is 0 Å². The summed E-state index contributed by atoms with van der Waals surface area (Å²) in [5, 5.41) is 0. The SMILES string of the molecule is CCCCCCCCOC(C)CN. The predicted molar refractivity (Wildman–Crippen MR) is 57.8 cm³/mol. The Kier molecular flexibility index (Phi) is 9.94. The van der Waals surface area contributed by atoms with E-state index in [-0.39, 0.29) is 6.10 Å². The molecule has 80 valence electrons. The number of ether oxygens (including phenoxy) is 1. The number of hydrogen-bond donors (Lipinski definition) is 1. The maximum absolute atomic E-state index is 5.47. The Morgan fingerprint density at radius 1 is 1.08 bits per heavy atom. The molecule has 0 heterocycles. The third kappa shape index (κ3) is 9.84. The third-order valence-electron chi connectivity index (χ3n) is 2.23. The van der Waals surface area contributed by atoms with Crippen LogP contribution in [0.1, 0.15) is 52.4 Å². The van der Waals surface area contributed by atoms with E-state index in [2.05, 4.69) is 6.92 Å². The summed E-state index contributed by atoms with van der Waals surface area (Å²) in [4.78, 5) is 0. The molecule has 0 saturated carbocycles. The highest BCUT2D eigenvalue weighted by Gasteiger charge is 1.97. The van der Waals surface area contributed by atoms with Crippen LogP contribution in [0.4, 0.5) is 0 Å². The van der Waals surface area contributed by atoms with Crippen molar-refractivity contribution in [2.45, 2.75) is 58.5 Å². The topological polar surface area (TPSA) is 35.2 Å². The van der Waals surface area contributed by atoms with E-state index < -0.39 is 0 Å². The molecule has 13 heavy (non-hydrogen) atoms. The summed E-state index contributed by atoms with van der Waals surface area (Å²) in [7, 11) is 0. The summed E-state index contributed by atoms with van der Waals surface area (Å²) in [5.74, 6) is 0. The van der Waals surface area contributed by atoms with Crippen LogP contribution >= 0.6 is 0 Å². The lowest BCUT2D eigenvalue weighted by molar-refractivity contribution is 0.0689. The Morgan fingerprint density at radius 3 is 2.31 bits per heavy atom. The molecule has 2 N–H and O–H groups in total. The summed E-state index contributed by atoms with van der Waals surface area (Å²) in [6.45, 7) is 5.78. The lowest BCUT2D eigenvalue weighted by Gasteiger charge is -2.09. The average Bonchev–Trinajstić information content (AvgIpc) is 2.16. The maximum atomic E-state index is 5.47. The molecule has 0 saturated heterocycles. The molecular weight excluding hydrogens is 162 g/mol. The first-order chi connectivity index (χ1) is 6.31. The molecule has 0 radical (unpaired) electrons. The van der Waals surface area contributed by atoms with Gasteiger partial charge in [-0.05, 0) is 13.3 Å². The van der Waals surface area contributed by atoms with Gasteiger partial charge in [0.25, 0.3) is 0 Å². The lowest BCUT2D eigenvalue weighted by Crippen LogP contribution is -2.20. The van der Waals surface area contributed by atoms with E-state index in [4.69, 9.17) is 10.5 Å². The molecule has 0 aromatic rings. The van der Waals surface area contributed by atoms with E-state index in [9.17, 15) is 0 Å². The van der Waals surface area contributed by atoms with Crippen molar-refractivity contribution in [3.8, 4) is 0 Å². The first-order valence-electron chi connectivity index (χ1n) is 5.63. The van der Waals surface area contributed by atoms with Crippen molar-refractivity contribution in [1.29, 1.82) is 0 Å². The largest absolute Gasteiger partial charge is 0.377 e. The highest BCUT2D eigenvalue weighted by atomic mass is 16.5. The van der Waals surface area contributed by atoms with Gasteiger partial charge in [-0.25, -0.2) is 0 Å². The highest BCUT2D eigenvalue weighted by Crippen LogP contribution is 2.05. The first kappa shape index (κ1) is 12.9. The van der Waals surface area contributed by atoms with Gasteiger partial charge in [0.15, 0.2) is 0 Å². The van der Waals surface area contributed by atoms with Gasteiger partial charge in [0.1, 0.15) is 0 Å². The summed E-state index contributed by atoms with van der Waals surface area (Å²) < 4.78 is 5.47. The van der Waals surface area contributed by atoms with Crippen LogP contribution in [0.2, 0.25) is 0 Å². The molecule has 0 bridgehead atoms. The molecule has 0 aromatic heterocycles. The van der Waals surface area contributed by atoms with Crippen molar-refractivity contribution in [2.75, 3.05) is 13.2 Å². The molecule has 0 amide bonds. The van der Waals surface area contributed by atoms with Crippen LogP contribution in [0.15, 0.2) is 0 Å². The van der Waals surface area contributed by atoms with Crippen molar-refractivity contribution >= 4 is 0 Å². The van der Waals surface area contributed by atoms with E-state index in [1.165, 1.54) is 38.5 Å². The molecule has 1 atom stereocenters. The Bertz CT molecular complexity index is 96.1. The second-order valence-corrected chi connectivity index (χ2v) is 3.68. The molecule has 0 rings (SSSR count). The van der Waals surface area contributed by atoms with Gasteiger partial charge in [-0.2, -0.15) is 0 Å². The van der Waals surface area contributed by atoms with Crippen LogP contribution in [0, 0.1) is 0 Å². The fraction of sp³-hybridized carbons (Fsp3) is 1.00. The van der Waals surface area contributed by atoms with Gasteiger partial charge in [0, 0.05) is 13.2 Å². The Balaban J connectivity index is 2.91. The van der Waals surface area contributed by atoms with Gasteiger partial charge in [0.2, 0.25) is 0 Å². The standard InChI is InChI=1S/C11H25NO/c1-3-4-5-6-7-8-9-13-11(2)10-12/h11H,3-10,12H2,1-2H3. The monoisotopic (exact) mass is 187 g/mol. The van der Waals surface area contributed by atoms with Crippen molar-refractivity contribution in [3.63, 3.8) is 0 Å². The van der Waals surface area contributed by atoms with E-state index in [0.717, 1.165) is 6.61 Å². The fourth-order valence-corrected chi connectivity index (χ4v) is 1.23. The van der Waals surface area contributed by atoms with Crippen LogP contribution in [0.5, 0.6) is 0 Å². The van der Waals surface area contributed by atoms with Gasteiger partial charge in [-0.1, -0.05) is 39.0 Å². The van der Waals surface area contributed by atoms with Crippen molar-refractivity contribution < 1.29 is 4.74 Å². The zero-order chi connectivity index (χ0) is 9.94. The summed E-state index contributed by atoms with van der Waals surface area (Å²) >= 11 is 0. The van der Waals surface area contributed by atoms with Gasteiger partial charge in [-0.3, -0.25) is 0 Å². The summed E-state index contributed by atoms with van der Waals surface area (Å²) in [6, 6.07) is 0. The van der Waals surface area contributed by atoms with Gasteiger partial charge >= 0.3 is 0 Å². The number of nitrogens with two attached hydrogens (primary N) is 1.